The first-order valence-electron chi connectivity index (χ1n) is 18.3. The molecule has 11 nitrogen and oxygen atoms in total. The molecule has 1 saturated heterocycles. The Bertz CT molecular complexity index is 2080. The monoisotopic (exact) mass is 784 g/mol. The molecule has 1 aliphatic rings. The first-order chi connectivity index (χ1) is 26.6. The highest BCUT2D eigenvalue weighted by molar-refractivity contribution is 6.35. The van der Waals surface area contributed by atoms with Crippen LogP contribution in [0, 0.1) is 18.3 Å². The van der Waals surface area contributed by atoms with E-state index in [1.165, 1.54) is 6.20 Å². The molecule has 1 fully saturated rings. The van der Waals surface area contributed by atoms with Crippen LogP contribution in [0.5, 0.6) is 17.2 Å². The number of aromatic nitrogens is 3. The van der Waals surface area contributed by atoms with Gasteiger partial charge in [0.05, 0.1) is 46.4 Å². The summed E-state index contributed by atoms with van der Waals surface area (Å²) < 4.78 is 18.8. The quantitative estimate of drug-likeness (QED) is 0.0821. The van der Waals surface area contributed by atoms with E-state index in [0.29, 0.717) is 65.4 Å². The number of aliphatic hydroxyl groups excluding tert-OH is 1. The van der Waals surface area contributed by atoms with Gasteiger partial charge in [-0.2, -0.15) is 5.26 Å². The van der Waals surface area contributed by atoms with E-state index in [9.17, 15) is 15.5 Å². The fourth-order valence-electron chi connectivity index (χ4n) is 6.67. The van der Waals surface area contributed by atoms with Crippen LogP contribution in [0.4, 0.5) is 0 Å². The van der Waals surface area contributed by atoms with Crippen LogP contribution in [-0.4, -0.2) is 80.5 Å². The van der Waals surface area contributed by atoms with Crippen molar-refractivity contribution in [3.8, 4) is 34.4 Å². The summed E-state index contributed by atoms with van der Waals surface area (Å²) in [4.78, 5) is 15.9. The predicted octanol–water partition coefficient (Wildman–Crippen LogP) is 7.34. The Balaban J connectivity index is 1.13. The van der Waals surface area contributed by atoms with Gasteiger partial charge in [0, 0.05) is 74.1 Å². The number of piperidine rings is 1. The van der Waals surface area contributed by atoms with Crippen LogP contribution in [0.15, 0.2) is 79.5 Å². The molecule has 0 saturated carbocycles. The standard InChI is InChI=1S/C42H46Cl2N6O5/c1-29-32(6-3-7-35(29)36-8-4-9-38(41(36)44)53-15-5-12-50-13-10-42(52,27-51)11-14-50)26-55-40-18-39(54-25-31-16-30(19-45)20-46-21-31)33(17-37(40)43)23-49(2)24-34-22-47-28-48-34/h3-4,6-9,16-18,20-22,28,51-52H,5,10-15,23-27H2,1-2H3,(H,47,48). The van der Waals surface area contributed by atoms with Gasteiger partial charge in [0.1, 0.15) is 36.5 Å². The number of imidazole rings is 1. The van der Waals surface area contributed by atoms with Gasteiger partial charge in [-0.15, -0.1) is 0 Å². The van der Waals surface area contributed by atoms with Crippen molar-refractivity contribution in [1.29, 1.82) is 5.26 Å². The topological polar surface area (TPSA) is 140 Å². The van der Waals surface area contributed by atoms with Crippen molar-refractivity contribution in [2.24, 2.45) is 0 Å². The Morgan fingerprint density at radius 1 is 0.945 bits per heavy atom. The summed E-state index contributed by atoms with van der Waals surface area (Å²) in [7, 11) is 2.00. The fraction of sp³-hybridized carbons (Fsp3) is 0.357. The van der Waals surface area contributed by atoms with Gasteiger partial charge in [-0.3, -0.25) is 9.88 Å². The third-order valence-electron chi connectivity index (χ3n) is 9.90. The van der Waals surface area contributed by atoms with E-state index in [4.69, 9.17) is 37.4 Å². The third kappa shape index (κ3) is 10.6. The molecule has 0 atom stereocenters. The third-order valence-corrected chi connectivity index (χ3v) is 10.6. The molecule has 0 amide bonds. The van der Waals surface area contributed by atoms with E-state index in [-0.39, 0.29) is 19.8 Å². The number of rotatable bonds is 17. The Morgan fingerprint density at radius 2 is 1.73 bits per heavy atom. The molecule has 0 spiro atoms. The van der Waals surface area contributed by atoms with E-state index in [1.54, 1.807) is 18.6 Å². The molecule has 0 aliphatic carbocycles. The van der Waals surface area contributed by atoms with E-state index in [0.717, 1.165) is 65.1 Å². The number of aromatic amines is 1. The van der Waals surface area contributed by atoms with Crippen LogP contribution in [0.2, 0.25) is 10.0 Å². The number of benzene rings is 3. The van der Waals surface area contributed by atoms with Crippen molar-refractivity contribution in [2.45, 2.75) is 58.1 Å². The second kappa shape index (κ2) is 18.8. The molecule has 3 N–H and O–H groups in total. The van der Waals surface area contributed by atoms with Crippen LogP contribution in [-0.2, 0) is 26.3 Å². The summed E-state index contributed by atoms with van der Waals surface area (Å²) in [6.45, 7) is 6.33. The van der Waals surface area contributed by atoms with Gasteiger partial charge in [0.25, 0.3) is 0 Å². The molecule has 0 radical (unpaired) electrons. The molecule has 3 aromatic carbocycles. The van der Waals surface area contributed by atoms with Crippen molar-refractivity contribution in [3.63, 3.8) is 0 Å². The average molecular weight is 786 g/mol. The molecule has 1 aliphatic heterocycles. The summed E-state index contributed by atoms with van der Waals surface area (Å²) in [5.41, 5.74) is 5.89. The number of aliphatic hydroxyl groups is 2. The van der Waals surface area contributed by atoms with Gasteiger partial charge in [-0.1, -0.05) is 53.5 Å². The maximum Gasteiger partial charge on any atom is 0.142 e. The number of nitrogens with one attached hydrogen (secondary N) is 1. The summed E-state index contributed by atoms with van der Waals surface area (Å²) >= 11 is 13.8. The van der Waals surface area contributed by atoms with Crippen molar-refractivity contribution >= 4 is 23.2 Å². The molecule has 5 aromatic rings. The molecule has 3 heterocycles. The minimum Gasteiger partial charge on any atom is -0.492 e. The summed E-state index contributed by atoms with van der Waals surface area (Å²) in [6.07, 6.45) is 8.67. The zero-order valence-electron chi connectivity index (χ0n) is 31.1. The number of ether oxygens (including phenoxy) is 3. The van der Waals surface area contributed by atoms with E-state index < -0.39 is 5.60 Å². The summed E-state index contributed by atoms with van der Waals surface area (Å²) in [5, 5.41) is 30.1. The highest BCUT2D eigenvalue weighted by atomic mass is 35.5. The molecular weight excluding hydrogens is 739 g/mol. The van der Waals surface area contributed by atoms with E-state index >= 15 is 0 Å². The van der Waals surface area contributed by atoms with Crippen molar-refractivity contribution < 1.29 is 24.4 Å². The summed E-state index contributed by atoms with van der Waals surface area (Å²) in [6, 6.07) is 19.4. The lowest BCUT2D eigenvalue weighted by Gasteiger charge is -2.36. The van der Waals surface area contributed by atoms with E-state index in [1.807, 2.05) is 68.7 Å². The first kappa shape index (κ1) is 40.0. The smallest absolute Gasteiger partial charge is 0.142 e. The number of pyridine rings is 1. The maximum absolute atomic E-state index is 10.3. The molecule has 55 heavy (non-hydrogen) atoms. The molecule has 288 valence electrons. The van der Waals surface area contributed by atoms with Crippen molar-refractivity contribution in [2.75, 3.05) is 39.9 Å². The fourth-order valence-corrected chi connectivity index (χ4v) is 7.20. The highest BCUT2D eigenvalue weighted by Gasteiger charge is 2.31. The van der Waals surface area contributed by atoms with Gasteiger partial charge in [0.2, 0.25) is 0 Å². The summed E-state index contributed by atoms with van der Waals surface area (Å²) in [5.74, 6) is 1.71. The molecule has 6 rings (SSSR count). The number of likely N-dealkylation sites (tertiary alicyclic amines) is 1. The van der Waals surface area contributed by atoms with Gasteiger partial charge in [0.15, 0.2) is 0 Å². The Hall–Kier alpha value is -4.67. The van der Waals surface area contributed by atoms with Crippen molar-refractivity contribution in [3.05, 3.63) is 123 Å². The second-order valence-corrected chi connectivity index (χ2v) is 14.8. The Morgan fingerprint density at radius 3 is 2.49 bits per heavy atom. The highest BCUT2D eigenvalue weighted by Crippen LogP contribution is 2.39. The van der Waals surface area contributed by atoms with Crippen LogP contribution in [0.1, 0.15) is 52.8 Å². The zero-order valence-corrected chi connectivity index (χ0v) is 32.6. The maximum atomic E-state index is 10.3. The van der Waals surface area contributed by atoms with Gasteiger partial charge in [-0.05, 0) is 68.1 Å². The van der Waals surface area contributed by atoms with Gasteiger partial charge < -0.3 is 34.3 Å². The van der Waals surface area contributed by atoms with Gasteiger partial charge >= 0.3 is 0 Å². The van der Waals surface area contributed by atoms with Gasteiger partial charge in [-0.25, -0.2) is 4.98 Å². The number of hydrogen-bond acceptors (Lipinski definition) is 10. The van der Waals surface area contributed by atoms with Crippen LogP contribution in [0.3, 0.4) is 0 Å². The number of nitrogens with zero attached hydrogens (tertiary/aromatic N) is 5. The van der Waals surface area contributed by atoms with Crippen LogP contribution >= 0.6 is 23.2 Å². The number of hydrogen-bond donors (Lipinski definition) is 3. The minimum atomic E-state index is -0.953. The lowest BCUT2D eigenvalue weighted by molar-refractivity contribution is -0.0596. The lowest BCUT2D eigenvalue weighted by Crippen LogP contribution is -2.46. The first-order valence-corrected chi connectivity index (χ1v) is 19.0. The predicted molar refractivity (Wildman–Crippen MR) is 212 cm³/mol. The molecule has 2 aromatic heterocycles. The molecular formula is C42H46Cl2N6O5. The molecule has 13 heteroatoms. The van der Waals surface area contributed by atoms with Crippen LogP contribution in [0.25, 0.3) is 11.1 Å². The Kier molecular flexibility index (Phi) is 13.7. The lowest BCUT2D eigenvalue weighted by atomic mass is 9.92. The Labute approximate surface area is 332 Å². The largest absolute Gasteiger partial charge is 0.492 e. The normalized spacial score (nSPS) is 14.1. The number of H-pyrrole nitrogens is 1. The zero-order chi connectivity index (χ0) is 38.8. The second-order valence-electron chi connectivity index (χ2n) is 14.0. The average Bonchev–Trinajstić information content (AvgIpc) is 3.70. The number of halogens is 2. The molecule has 0 unspecified atom stereocenters. The SMILES string of the molecule is Cc1c(COc2cc(OCc3cncc(C#N)c3)c(CN(C)Cc3c[nH]cn3)cc2Cl)cccc1-c1cccc(OCCCN2CCC(O)(CO)CC2)c1Cl. The molecule has 0 bridgehead atoms. The van der Waals surface area contributed by atoms with E-state index in [2.05, 4.69) is 30.8 Å². The van der Waals surface area contributed by atoms with Crippen LogP contribution < -0.4 is 14.2 Å². The minimum absolute atomic E-state index is 0.194. The van der Waals surface area contributed by atoms with Crippen molar-refractivity contribution in [1.82, 2.24) is 24.8 Å². The number of nitriles is 1.